The molecular formula is C18H31N3O3S. The van der Waals surface area contributed by atoms with Gasteiger partial charge in [0.25, 0.3) is 0 Å². The normalized spacial score (nSPS) is 17.8. The molecule has 2 heterocycles. The highest BCUT2D eigenvalue weighted by Crippen LogP contribution is 2.12. The zero-order valence-corrected chi connectivity index (χ0v) is 16.0. The molecular weight excluding hydrogens is 338 g/mol. The van der Waals surface area contributed by atoms with E-state index < -0.39 is 0 Å². The van der Waals surface area contributed by atoms with Gasteiger partial charge in [0.15, 0.2) is 5.96 Å². The van der Waals surface area contributed by atoms with E-state index in [2.05, 4.69) is 21.9 Å². The molecule has 0 aliphatic carbocycles. The number of guanidine groups is 1. The van der Waals surface area contributed by atoms with E-state index in [1.165, 1.54) is 0 Å². The minimum atomic E-state index is 0.579. The molecule has 1 aliphatic rings. The smallest absolute Gasteiger partial charge is 0.191 e. The summed E-state index contributed by atoms with van der Waals surface area (Å²) in [4.78, 5) is 4.63. The molecule has 1 aromatic rings. The Morgan fingerprint density at radius 3 is 3.08 bits per heavy atom. The lowest BCUT2D eigenvalue weighted by Crippen LogP contribution is -2.39. The Morgan fingerprint density at radius 1 is 1.40 bits per heavy atom. The summed E-state index contributed by atoms with van der Waals surface area (Å²) >= 11 is 1.82. The SMILES string of the molecule is CSCCNC(=NCCCOCC1CCOC1)NCCc1ccco1. The third kappa shape index (κ3) is 9.18. The van der Waals surface area contributed by atoms with E-state index in [1.54, 1.807) is 6.26 Å². The van der Waals surface area contributed by atoms with E-state index in [9.17, 15) is 0 Å². The van der Waals surface area contributed by atoms with Gasteiger partial charge in [-0.2, -0.15) is 11.8 Å². The van der Waals surface area contributed by atoms with Gasteiger partial charge < -0.3 is 24.5 Å². The van der Waals surface area contributed by atoms with Crippen LogP contribution in [0.3, 0.4) is 0 Å². The van der Waals surface area contributed by atoms with Crippen molar-refractivity contribution >= 4 is 17.7 Å². The first-order valence-corrected chi connectivity index (χ1v) is 10.5. The number of aliphatic imine (C=N–C) groups is 1. The molecule has 2 N–H and O–H groups in total. The van der Waals surface area contributed by atoms with Crippen LogP contribution in [0.25, 0.3) is 0 Å². The minimum absolute atomic E-state index is 0.579. The van der Waals surface area contributed by atoms with Crippen molar-refractivity contribution in [2.24, 2.45) is 10.9 Å². The van der Waals surface area contributed by atoms with E-state index >= 15 is 0 Å². The number of nitrogens with zero attached hydrogens (tertiary/aromatic N) is 1. The molecule has 0 aromatic carbocycles. The lowest BCUT2D eigenvalue weighted by molar-refractivity contribution is 0.0893. The van der Waals surface area contributed by atoms with Crippen molar-refractivity contribution < 1.29 is 13.9 Å². The highest BCUT2D eigenvalue weighted by Gasteiger charge is 2.15. The maximum absolute atomic E-state index is 5.72. The van der Waals surface area contributed by atoms with Crippen LogP contribution in [0.15, 0.2) is 27.8 Å². The van der Waals surface area contributed by atoms with Gasteiger partial charge >= 0.3 is 0 Å². The third-order valence-corrected chi connectivity index (χ3v) is 4.55. The molecule has 0 bridgehead atoms. The average Bonchev–Trinajstić information content (AvgIpc) is 3.31. The maximum Gasteiger partial charge on any atom is 0.191 e. The molecule has 1 atom stereocenters. The van der Waals surface area contributed by atoms with Crippen molar-refractivity contribution in [1.82, 2.24) is 10.6 Å². The van der Waals surface area contributed by atoms with Crippen LogP contribution in [0, 0.1) is 5.92 Å². The molecule has 1 aromatic heterocycles. The highest BCUT2D eigenvalue weighted by atomic mass is 32.2. The van der Waals surface area contributed by atoms with Gasteiger partial charge in [-0.15, -0.1) is 0 Å². The quantitative estimate of drug-likeness (QED) is 0.334. The second kappa shape index (κ2) is 13.1. The monoisotopic (exact) mass is 369 g/mol. The predicted octanol–water partition coefficient (Wildman–Crippen LogP) is 2.16. The number of hydrogen-bond acceptors (Lipinski definition) is 5. The van der Waals surface area contributed by atoms with Gasteiger partial charge in [0.05, 0.1) is 19.5 Å². The Kier molecular flexibility index (Phi) is 10.5. The molecule has 0 radical (unpaired) electrons. The fraction of sp³-hybridized carbons (Fsp3) is 0.722. The third-order valence-electron chi connectivity index (χ3n) is 3.94. The summed E-state index contributed by atoms with van der Waals surface area (Å²) in [5, 5.41) is 6.73. The summed E-state index contributed by atoms with van der Waals surface area (Å²) in [7, 11) is 0. The standard InChI is InChI=1S/C18H31N3O3S/c1-25-13-9-21-18(20-8-5-17-4-2-11-24-17)19-7-3-10-22-14-16-6-12-23-15-16/h2,4,11,16H,3,5-10,12-15H2,1H3,(H2,19,20,21). The molecule has 1 aliphatic heterocycles. The van der Waals surface area contributed by atoms with Crippen LogP contribution in [0.1, 0.15) is 18.6 Å². The lowest BCUT2D eigenvalue weighted by Gasteiger charge is -2.12. The molecule has 2 rings (SSSR count). The molecule has 0 spiro atoms. The fourth-order valence-electron chi connectivity index (χ4n) is 2.53. The minimum Gasteiger partial charge on any atom is -0.469 e. The molecule has 142 valence electrons. The van der Waals surface area contributed by atoms with Crippen molar-refractivity contribution in [1.29, 1.82) is 0 Å². The molecule has 0 saturated carbocycles. The van der Waals surface area contributed by atoms with E-state index in [4.69, 9.17) is 13.9 Å². The number of hydrogen-bond donors (Lipinski definition) is 2. The van der Waals surface area contributed by atoms with Crippen molar-refractivity contribution in [2.75, 3.05) is 58.1 Å². The van der Waals surface area contributed by atoms with Crippen LogP contribution in [-0.4, -0.2) is 64.0 Å². The van der Waals surface area contributed by atoms with Crippen molar-refractivity contribution in [3.63, 3.8) is 0 Å². The zero-order valence-electron chi connectivity index (χ0n) is 15.2. The lowest BCUT2D eigenvalue weighted by atomic mass is 10.1. The summed E-state index contributed by atoms with van der Waals surface area (Å²) < 4.78 is 16.4. The van der Waals surface area contributed by atoms with Crippen LogP contribution in [-0.2, 0) is 15.9 Å². The Hall–Kier alpha value is -1.18. The summed E-state index contributed by atoms with van der Waals surface area (Å²) in [6.45, 7) is 5.77. The summed E-state index contributed by atoms with van der Waals surface area (Å²) in [6.07, 6.45) is 6.72. The van der Waals surface area contributed by atoms with E-state index in [-0.39, 0.29) is 0 Å². The number of nitrogens with one attached hydrogen (secondary N) is 2. The molecule has 0 amide bonds. The second-order valence-corrected chi connectivity index (χ2v) is 7.05. The first kappa shape index (κ1) is 20.1. The number of thioether (sulfide) groups is 1. The van der Waals surface area contributed by atoms with Crippen molar-refractivity contribution in [2.45, 2.75) is 19.3 Å². The van der Waals surface area contributed by atoms with E-state index in [0.717, 1.165) is 82.8 Å². The van der Waals surface area contributed by atoms with Crippen LogP contribution in [0.5, 0.6) is 0 Å². The maximum atomic E-state index is 5.72. The Labute approximate surface area is 155 Å². The molecule has 25 heavy (non-hydrogen) atoms. The number of furan rings is 1. The van der Waals surface area contributed by atoms with E-state index in [0.29, 0.717) is 5.92 Å². The molecule has 7 heteroatoms. The van der Waals surface area contributed by atoms with Crippen LogP contribution < -0.4 is 10.6 Å². The molecule has 6 nitrogen and oxygen atoms in total. The van der Waals surface area contributed by atoms with Crippen molar-refractivity contribution in [3.05, 3.63) is 24.2 Å². The molecule has 1 unspecified atom stereocenters. The van der Waals surface area contributed by atoms with Crippen molar-refractivity contribution in [3.8, 4) is 0 Å². The first-order chi connectivity index (χ1) is 12.4. The Morgan fingerprint density at radius 2 is 2.32 bits per heavy atom. The Balaban J connectivity index is 1.59. The Bertz CT molecular complexity index is 462. The van der Waals surface area contributed by atoms with Crippen LogP contribution >= 0.6 is 11.8 Å². The number of ether oxygens (including phenoxy) is 2. The number of rotatable bonds is 12. The summed E-state index contributed by atoms with van der Waals surface area (Å²) in [5.74, 6) is 3.49. The van der Waals surface area contributed by atoms with Gasteiger partial charge in [-0.1, -0.05) is 0 Å². The molecule has 1 saturated heterocycles. The van der Waals surface area contributed by atoms with Crippen LogP contribution in [0.2, 0.25) is 0 Å². The van der Waals surface area contributed by atoms with E-state index in [1.807, 2.05) is 23.9 Å². The summed E-state index contributed by atoms with van der Waals surface area (Å²) in [6, 6.07) is 3.91. The highest BCUT2D eigenvalue weighted by molar-refractivity contribution is 7.98. The topological polar surface area (TPSA) is 68.0 Å². The van der Waals surface area contributed by atoms with Gasteiger partial charge in [0.2, 0.25) is 0 Å². The zero-order chi connectivity index (χ0) is 17.6. The van der Waals surface area contributed by atoms with Gasteiger partial charge in [0.1, 0.15) is 5.76 Å². The first-order valence-electron chi connectivity index (χ1n) is 9.07. The second-order valence-electron chi connectivity index (χ2n) is 6.06. The molecule has 1 fully saturated rings. The summed E-state index contributed by atoms with van der Waals surface area (Å²) in [5.41, 5.74) is 0. The van der Waals surface area contributed by atoms with Gasteiger partial charge in [-0.25, -0.2) is 0 Å². The van der Waals surface area contributed by atoms with Gasteiger partial charge in [0, 0.05) is 50.9 Å². The largest absolute Gasteiger partial charge is 0.469 e. The van der Waals surface area contributed by atoms with Gasteiger partial charge in [-0.05, 0) is 31.2 Å². The predicted molar refractivity (Wildman–Crippen MR) is 103 cm³/mol. The van der Waals surface area contributed by atoms with Gasteiger partial charge in [-0.3, -0.25) is 4.99 Å². The van der Waals surface area contributed by atoms with Crippen LogP contribution in [0.4, 0.5) is 0 Å². The average molecular weight is 370 g/mol. The fourth-order valence-corrected chi connectivity index (χ4v) is 2.83.